The molecule has 0 radical (unpaired) electrons. The second-order valence-corrected chi connectivity index (χ2v) is 3.94. The Morgan fingerprint density at radius 3 is 2.27 bits per heavy atom. The lowest BCUT2D eigenvalue weighted by atomic mass is 9.99. The summed E-state index contributed by atoms with van der Waals surface area (Å²) in [6.07, 6.45) is -5.55. The molecule has 0 amide bonds. The van der Waals surface area contributed by atoms with Crippen LogP contribution in [-0.2, 0) is 9.47 Å². The zero-order valence-corrected chi connectivity index (χ0v) is 8.91. The Morgan fingerprint density at radius 2 is 1.80 bits per heavy atom. The molecule has 0 spiro atoms. The number of rotatable bonds is 3. The Labute approximate surface area is 88.6 Å². The third-order valence-electron chi connectivity index (χ3n) is 2.31. The molecule has 1 saturated heterocycles. The first-order valence-electron chi connectivity index (χ1n) is 5.02. The van der Waals surface area contributed by atoms with Crippen molar-refractivity contribution in [2.75, 3.05) is 6.54 Å². The maximum Gasteiger partial charge on any atom is 0.186 e. The van der Waals surface area contributed by atoms with Crippen LogP contribution in [0.2, 0.25) is 0 Å². The quantitative estimate of drug-likeness (QED) is 0.447. The third-order valence-corrected chi connectivity index (χ3v) is 2.31. The average Bonchev–Trinajstić information content (AvgIpc) is 2.18. The second kappa shape index (κ2) is 5.20. The van der Waals surface area contributed by atoms with Crippen molar-refractivity contribution in [3.8, 4) is 0 Å². The number of ether oxygens (including phenoxy) is 2. The van der Waals surface area contributed by atoms with E-state index in [1.807, 2.05) is 0 Å². The fourth-order valence-electron chi connectivity index (χ4n) is 1.49. The minimum Gasteiger partial charge on any atom is -0.388 e. The molecule has 5 atom stereocenters. The van der Waals surface area contributed by atoms with E-state index in [4.69, 9.17) is 15.2 Å². The lowest BCUT2D eigenvalue weighted by molar-refractivity contribution is -0.302. The van der Waals surface area contributed by atoms with Gasteiger partial charge in [-0.2, -0.15) is 0 Å². The van der Waals surface area contributed by atoms with Crippen LogP contribution in [0.1, 0.15) is 13.8 Å². The van der Waals surface area contributed by atoms with Gasteiger partial charge in [-0.1, -0.05) is 0 Å². The van der Waals surface area contributed by atoms with Crippen LogP contribution in [-0.4, -0.2) is 58.7 Å². The van der Waals surface area contributed by atoms with Gasteiger partial charge in [-0.05, 0) is 13.8 Å². The molecule has 1 aliphatic heterocycles. The highest BCUT2D eigenvalue weighted by Crippen LogP contribution is 2.22. The van der Waals surface area contributed by atoms with E-state index in [2.05, 4.69) is 0 Å². The molecule has 1 aliphatic rings. The maximum atomic E-state index is 9.57. The third kappa shape index (κ3) is 2.87. The Morgan fingerprint density at radius 1 is 1.20 bits per heavy atom. The van der Waals surface area contributed by atoms with Crippen molar-refractivity contribution in [2.45, 2.75) is 50.7 Å². The minimum absolute atomic E-state index is 0.0584. The number of nitrogens with two attached hydrogens (primary N) is 1. The van der Waals surface area contributed by atoms with E-state index in [9.17, 15) is 15.3 Å². The molecule has 0 unspecified atom stereocenters. The van der Waals surface area contributed by atoms with Gasteiger partial charge in [0.05, 0.1) is 6.10 Å². The molecule has 0 aromatic carbocycles. The second-order valence-electron chi connectivity index (χ2n) is 3.94. The fourth-order valence-corrected chi connectivity index (χ4v) is 1.49. The van der Waals surface area contributed by atoms with Crippen LogP contribution >= 0.6 is 0 Å². The molecule has 0 aliphatic carbocycles. The molecule has 5 N–H and O–H groups in total. The summed E-state index contributed by atoms with van der Waals surface area (Å²) in [5, 5.41) is 28.6. The van der Waals surface area contributed by atoms with Crippen molar-refractivity contribution < 1.29 is 24.8 Å². The Hall–Kier alpha value is -0.240. The van der Waals surface area contributed by atoms with E-state index in [-0.39, 0.29) is 12.6 Å². The van der Waals surface area contributed by atoms with Crippen LogP contribution in [0.4, 0.5) is 0 Å². The first kappa shape index (κ1) is 12.8. The molecule has 90 valence electrons. The van der Waals surface area contributed by atoms with Crippen molar-refractivity contribution in [3.63, 3.8) is 0 Å². The van der Waals surface area contributed by atoms with Crippen molar-refractivity contribution in [1.82, 2.24) is 0 Å². The number of hydrogen-bond acceptors (Lipinski definition) is 6. The number of aliphatic hydroxyl groups is 3. The van der Waals surface area contributed by atoms with Gasteiger partial charge in [-0.15, -0.1) is 0 Å². The molecule has 1 rings (SSSR count). The summed E-state index contributed by atoms with van der Waals surface area (Å²) >= 11 is 0. The van der Waals surface area contributed by atoms with Crippen LogP contribution in [0.25, 0.3) is 0 Å². The smallest absolute Gasteiger partial charge is 0.186 e. The van der Waals surface area contributed by atoms with E-state index in [0.717, 1.165) is 0 Å². The van der Waals surface area contributed by atoms with Gasteiger partial charge in [0.2, 0.25) is 0 Å². The predicted octanol–water partition coefficient (Wildman–Crippen LogP) is -1.82. The zero-order valence-electron chi connectivity index (χ0n) is 8.91. The summed E-state index contributed by atoms with van der Waals surface area (Å²) in [6.45, 7) is 3.62. The molecular weight excluding hydrogens is 202 g/mol. The summed E-state index contributed by atoms with van der Waals surface area (Å²) < 4.78 is 10.5. The Kier molecular flexibility index (Phi) is 4.45. The van der Waals surface area contributed by atoms with Crippen LogP contribution < -0.4 is 5.73 Å². The molecule has 6 heteroatoms. The summed E-state index contributed by atoms with van der Waals surface area (Å²) in [7, 11) is 0. The summed E-state index contributed by atoms with van der Waals surface area (Å²) in [5.74, 6) is 0. The van der Waals surface area contributed by atoms with E-state index in [1.165, 1.54) is 0 Å². The molecule has 1 fully saturated rings. The highest BCUT2D eigenvalue weighted by molar-refractivity contribution is 4.89. The van der Waals surface area contributed by atoms with Crippen molar-refractivity contribution in [2.24, 2.45) is 5.73 Å². The first-order chi connectivity index (χ1) is 6.97. The van der Waals surface area contributed by atoms with Gasteiger partial charge in [0.15, 0.2) is 6.29 Å². The van der Waals surface area contributed by atoms with Crippen LogP contribution in [0, 0.1) is 0 Å². The lowest BCUT2D eigenvalue weighted by Crippen LogP contribution is -2.60. The van der Waals surface area contributed by atoms with E-state index in [0.29, 0.717) is 0 Å². The number of aliphatic hydroxyl groups excluding tert-OH is 3. The summed E-state index contributed by atoms with van der Waals surface area (Å²) in [4.78, 5) is 0. The highest BCUT2D eigenvalue weighted by atomic mass is 16.7. The molecule has 15 heavy (non-hydrogen) atoms. The van der Waals surface area contributed by atoms with Gasteiger partial charge in [0.1, 0.15) is 24.4 Å². The normalized spacial score (nSPS) is 42.2. The van der Waals surface area contributed by atoms with Gasteiger partial charge in [-0.3, -0.25) is 0 Å². The summed E-state index contributed by atoms with van der Waals surface area (Å²) in [6, 6.07) is 0. The van der Waals surface area contributed by atoms with Crippen LogP contribution in [0.15, 0.2) is 0 Å². The lowest BCUT2D eigenvalue weighted by Gasteiger charge is -2.40. The SMILES string of the molecule is CC(C)O[C@H]1O[C@H](CN)[C@@H](O)[C@H](O)[C@@H]1O. The van der Waals surface area contributed by atoms with E-state index < -0.39 is 30.7 Å². The number of hydrogen-bond donors (Lipinski definition) is 4. The van der Waals surface area contributed by atoms with Gasteiger partial charge < -0.3 is 30.5 Å². The molecule has 0 aromatic heterocycles. The van der Waals surface area contributed by atoms with Crippen molar-refractivity contribution >= 4 is 0 Å². The first-order valence-corrected chi connectivity index (χ1v) is 5.02. The molecule has 1 heterocycles. The van der Waals surface area contributed by atoms with Crippen molar-refractivity contribution in [1.29, 1.82) is 0 Å². The topological polar surface area (TPSA) is 105 Å². The maximum absolute atomic E-state index is 9.57. The molecule has 0 aromatic rings. The van der Waals surface area contributed by atoms with Crippen LogP contribution in [0.3, 0.4) is 0 Å². The van der Waals surface area contributed by atoms with Gasteiger partial charge in [-0.25, -0.2) is 0 Å². The molecule has 0 bridgehead atoms. The van der Waals surface area contributed by atoms with Crippen molar-refractivity contribution in [3.05, 3.63) is 0 Å². The minimum atomic E-state index is -1.30. The summed E-state index contributed by atoms with van der Waals surface area (Å²) in [5.41, 5.74) is 5.36. The predicted molar refractivity (Wildman–Crippen MR) is 52.0 cm³/mol. The Bertz CT molecular complexity index is 199. The monoisotopic (exact) mass is 221 g/mol. The van der Waals surface area contributed by atoms with Gasteiger partial charge >= 0.3 is 0 Å². The molecule has 0 saturated carbocycles. The van der Waals surface area contributed by atoms with Crippen LogP contribution in [0.5, 0.6) is 0 Å². The van der Waals surface area contributed by atoms with Gasteiger partial charge in [0, 0.05) is 6.54 Å². The fraction of sp³-hybridized carbons (Fsp3) is 1.00. The molecule has 6 nitrogen and oxygen atoms in total. The van der Waals surface area contributed by atoms with E-state index >= 15 is 0 Å². The highest BCUT2D eigenvalue weighted by Gasteiger charge is 2.43. The average molecular weight is 221 g/mol. The zero-order chi connectivity index (χ0) is 11.6. The van der Waals surface area contributed by atoms with E-state index in [1.54, 1.807) is 13.8 Å². The standard InChI is InChI=1S/C9H19NO5/c1-4(2)14-9-8(13)7(12)6(11)5(3-10)15-9/h4-9,11-13H,3,10H2,1-2H3/t5-,6-,7+,8+,9+/m1/s1. The largest absolute Gasteiger partial charge is 0.388 e. The van der Waals surface area contributed by atoms with Gasteiger partial charge in [0.25, 0.3) is 0 Å². The molecular formula is C9H19NO5. The Balaban J connectivity index is 2.65.